The largest absolute Gasteiger partial charge is 0.495 e. The molecule has 1 rings (SSSR count). The number of ether oxygens (including phenoxy) is 1. The summed E-state index contributed by atoms with van der Waals surface area (Å²) in [6, 6.07) is 1.76. The van der Waals surface area contributed by atoms with Crippen LogP contribution >= 0.6 is 27.3 Å². The molecule has 0 aliphatic rings. The van der Waals surface area contributed by atoms with Crippen molar-refractivity contribution < 1.29 is 14.6 Å². The van der Waals surface area contributed by atoms with E-state index in [4.69, 9.17) is 4.74 Å². The number of carbonyl (C=O) groups excluding carboxylic acids is 1. The highest BCUT2D eigenvalue weighted by Crippen LogP contribution is 2.35. The van der Waals surface area contributed by atoms with E-state index in [0.29, 0.717) is 17.2 Å². The van der Waals surface area contributed by atoms with Crippen LogP contribution in [0.25, 0.3) is 0 Å². The van der Waals surface area contributed by atoms with Gasteiger partial charge >= 0.3 is 0 Å². The third-order valence-corrected chi connectivity index (χ3v) is 4.20. The first kappa shape index (κ1) is 15.5. The molecule has 0 spiro atoms. The quantitative estimate of drug-likeness (QED) is 0.900. The molecule has 4 nitrogen and oxygen atoms in total. The molecule has 0 aliphatic carbocycles. The van der Waals surface area contributed by atoms with Crippen LogP contribution in [0, 0.1) is 0 Å². The first-order valence-corrected chi connectivity index (χ1v) is 7.30. The standard InChI is InChI=1S/C12H18BrNO3S/c1-7(2)14(6-8(3)15)12(16)10-5-9(17-4)11(13)18-10/h5,7-8,15H,6H2,1-4H3. The maximum Gasteiger partial charge on any atom is 0.264 e. The van der Waals surface area contributed by atoms with E-state index in [-0.39, 0.29) is 11.9 Å². The number of aliphatic hydroxyl groups excluding tert-OH is 1. The van der Waals surface area contributed by atoms with E-state index >= 15 is 0 Å². The van der Waals surface area contributed by atoms with Gasteiger partial charge in [0.05, 0.1) is 18.1 Å². The molecular formula is C12H18BrNO3S. The summed E-state index contributed by atoms with van der Waals surface area (Å²) in [6.07, 6.45) is -0.540. The number of carbonyl (C=O) groups is 1. The average Bonchev–Trinajstić information content (AvgIpc) is 2.66. The molecule has 0 bridgehead atoms. The lowest BCUT2D eigenvalue weighted by molar-refractivity contribution is 0.0583. The minimum Gasteiger partial charge on any atom is -0.495 e. The maximum atomic E-state index is 12.4. The van der Waals surface area contributed by atoms with Crippen molar-refractivity contribution in [2.24, 2.45) is 0 Å². The highest BCUT2D eigenvalue weighted by atomic mass is 79.9. The number of thiophene rings is 1. The highest BCUT2D eigenvalue weighted by molar-refractivity contribution is 9.11. The van der Waals surface area contributed by atoms with Crippen molar-refractivity contribution in [3.8, 4) is 5.75 Å². The zero-order valence-corrected chi connectivity index (χ0v) is 13.3. The van der Waals surface area contributed by atoms with Crippen LogP contribution in [0.2, 0.25) is 0 Å². The molecular weight excluding hydrogens is 318 g/mol. The van der Waals surface area contributed by atoms with Crippen LogP contribution in [0.3, 0.4) is 0 Å². The Hall–Kier alpha value is -0.590. The molecule has 0 saturated carbocycles. The van der Waals surface area contributed by atoms with Crippen LogP contribution < -0.4 is 4.74 Å². The van der Waals surface area contributed by atoms with Gasteiger partial charge in [-0.3, -0.25) is 4.79 Å². The second kappa shape index (κ2) is 6.54. The van der Waals surface area contributed by atoms with Crippen molar-refractivity contribution in [1.82, 2.24) is 4.90 Å². The summed E-state index contributed by atoms with van der Waals surface area (Å²) in [7, 11) is 1.57. The third-order valence-electron chi connectivity index (χ3n) is 2.43. The topological polar surface area (TPSA) is 49.8 Å². The minimum atomic E-state index is -0.540. The summed E-state index contributed by atoms with van der Waals surface area (Å²) in [5.74, 6) is 0.573. The molecule has 0 aliphatic heterocycles. The molecule has 0 aromatic carbocycles. The number of halogens is 1. The van der Waals surface area contributed by atoms with Gasteiger partial charge in [0.2, 0.25) is 0 Å². The average molecular weight is 336 g/mol. The predicted octanol–water partition coefficient (Wildman–Crippen LogP) is 2.75. The van der Waals surface area contributed by atoms with Gasteiger partial charge in [0.15, 0.2) is 0 Å². The van der Waals surface area contributed by atoms with Crippen molar-refractivity contribution in [1.29, 1.82) is 0 Å². The number of rotatable bonds is 5. The molecule has 1 atom stereocenters. The zero-order valence-electron chi connectivity index (χ0n) is 10.9. The first-order chi connectivity index (χ1) is 8.36. The lowest BCUT2D eigenvalue weighted by Crippen LogP contribution is -2.41. The van der Waals surface area contributed by atoms with Gasteiger partial charge in [-0.25, -0.2) is 0 Å². The number of aliphatic hydroxyl groups is 1. The lowest BCUT2D eigenvalue weighted by Gasteiger charge is -2.27. The van der Waals surface area contributed by atoms with Gasteiger partial charge in [-0.05, 0) is 36.7 Å². The van der Waals surface area contributed by atoms with Crippen molar-refractivity contribution in [3.63, 3.8) is 0 Å². The van der Waals surface area contributed by atoms with Crippen LogP contribution in [0.1, 0.15) is 30.4 Å². The Morgan fingerprint density at radius 2 is 2.17 bits per heavy atom. The van der Waals surface area contributed by atoms with Crippen LogP contribution in [0.5, 0.6) is 5.75 Å². The molecule has 6 heteroatoms. The molecule has 0 saturated heterocycles. The zero-order chi connectivity index (χ0) is 13.9. The summed E-state index contributed by atoms with van der Waals surface area (Å²) in [5, 5.41) is 9.45. The second-order valence-corrected chi connectivity index (χ2v) is 6.72. The van der Waals surface area contributed by atoms with E-state index in [0.717, 1.165) is 3.79 Å². The van der Waals surface area contributed by atoms with Gasteiger partial charge in [0.1, 0.15) is 9.54 Å². The smallest absolute Gasteiger partial charge is 0.264 e. The van der Waals surface area contributed by atoms with E-state index in [2.05, 4.69) is 15.9 Å². The number of hydrogen-bond donors (Lipinski definition) is 1. The van der Waals surface area contributed by atoms with Crippen LogP contribution in [-0.4, -0.2) is 41.7 Å². The van der Waals surface area contributed by atoms with E-state index in [9.17, 15) is 9.90 Å². The van der Waals surface area contributed by atoms with Gasteiger partial charge in [-0.1, -0.05) is 0 Å². The molecule has 0 fully saturated rings. The van der Waals surface area contributed by atoms with Gasteiger partial charge in [-0.2, -0.15) is 0 Å². The summed E-state index contributed by atoms with van der Waals surface area (Å²) in [5.41, 5.74) is 0. The number of nitrogens with zero attached hydrogens (tertiary/aromatic N) is 1. The maximum absolute atomic E-state index is 12.4. The fourth-order valence-corrected chi connectivity index (χ4v) is 3.16. The van der Waals surface area contributed by atoms with E-state index in [1.54, 1.807) is 25.0 Å². The first-order valence-electron chi connectivity index (χ1n) is 5.69. The van der Waals surface area contributed by atoms with Crippen molar-refractivity contribution >= 4 is 33.2 Å². The molecule has 0 radical (unpaired) electrons. The number of amides is 1. The Balaban J connectivity index is 2.94. The molecule has 1 unspecified atom stereocenters. The van der Waals surface area contributed by atoms with E-state index in [1.165, 1.54) is 11.3 Å². The molecule has 18 heavy (non-hydrogen) atoms. The molecule has 1 heterocycles. The predicted molar refractivity (Wildman–Crippen MR) is 76.4 cm³/mol. The van der Waals surface area contributed by atoms with Gasteiger partial charge < -0.3 is 14.7 Å². The summed E-state index contributed by atoms with van der Waals surface area (Å²) in [6.45, 7) is 5.86. The fraction of sp³-hybridized carbons (Fsp3) is 0.583. The number of hydrogen-bond acceptors (Lipinski definition) is 4. The second-order valence-electron chi connectivity index (χ2n) is 4.35. The van der Waals surface area contributed by atoms with Crippen LogP contribution in [0.4, 0.5) is 0 Å². The Kier molecular flexibility index (Phi) is 5.62. The molecule has 102 valence electrons. The third kappa shape index (κ3) is 3.70. The van der Waals surface area contributed by atoms with Crippen molar-refractivity contribution in [2.45, 2.75) is 32.9 Å². The molecule has 1 aromatic rings. The van der Waals surface area contributed by atoms with Crippen LogP contribution in [-0.2, 0) is 0 Å². The van der Waals surface area contributed by atoms with Crippen molar-refractivity contribution in [2.75, 3.05) is 13.7 Å². The van der Waals surface area contributed by atoms with Gasteiger partial charge in [0.25, 0.3) is 5.91 Å². The van der Waals surface area contributed by atoms with E-state index < -0.39 is 6.10 Å². The molecule has 1 N–H and O–H groups in total. The van der Waals surface area contributed by atoms with Gasteiger partial charge in [-0.15, -0.1) is 11.3 Å². The Morgan fingerprint density at radius 1 is 1.56 bits per heavy atom. The number of methoxy groups -OCH3 is 1. The highest BCUT2D eigenvalue weighted by Gasteiger charge is 2.23. The van der Waals surface area contributed by atoms with Crippen molar-refractivity contribution in [3.05, 3.63) is 14.7 Å². The fourth-order valence-electron chi connectivity index (χ4n) is 1.55. The van der Waals surface area contributed by atoms with Crippen LogP contribution in [0.15, 0.2) is 9.85 Å². The molecule has 1 aromatic heterocycles. The van der Waals surface area contributed by atoms with Gasteiger partial charge in [0, 0.05) is 18.7 Å². The lowest BCUT2D eigenvalue weighted by atomic mass is 10.2. The minimum absolute atomic E-state index is 0.0407. The summed E-state index contributed by atoms with van der Waals surface area (Å²) in [4.78, 5) is 14.6. The monoisotopic (exact) mass is 335 g/mol. The Morgan fingerprint density at radius 3 is 2.56 bits per heavy atom. The van der Waals surface area contributed by atoms with E-state index in [1.807, 2.05) is 13.8 Å². The SMILES string of the molecule is COc1cc(C(=O)N(CC(C)O)C(C)C)sc1Br. The normalized spacial score (nSPS) is 12.6. The summed E-state index contributed by atoms with van der Waals surface area (Å²) >= 11 is 4.69. The summed E-state index contributed by atoms with van der Waals surface area (Å²) < 4.78 is 5.94. The Labute approximate surface area is 120 Å². The Bertz CT molecular complexity index is 417. The molecule has 1 amide bonds.